The number of hydrogen-bond acceptors (Lipinski definition) is 4. The Morgan fingerprint density at radius 2 is 1.60 bits per heavy atom. The molecule has 0 aromatic heterocycles. The molecule has 0 heterocycles. The minimum absolute atomic E-state index is 0.107. The molecule has 0 fully saturated rings. The van der Waals surface area contributed by atoms with E-state index in [0.29, 0.717) is 5.69 Å². The van der Waals surface area contributed by atoms with Crippen molar-refractivity contribution >= 4 is 23.2 Å². The lowest BCUT2D eigenvalue weighted by Gasteiger charge is -2.23. The summed E-state index contributed by atoms with van der Waals surface area (Å²) in [5.41, 5.74) is 1.41. The Kier molecular flexibility index (Phi) is 6.54. The fourth-order valence-electron chi connectivity index (χ4n) is 2.21. The minimum atomic E-state index is -0.443. The fraction of sp³-hybridized carbons (Fsp3) is 0.263. The Morgan fingerprint density at radius 3 is 2.20 bits per heavy atom. The molecule has 2 amide bonds. The highest BCUT2D eigenvalue weighted by atomic mass is 16.5. The van der Waals surface area contributed by atoms with E-state index >= 15 is 0 Å². The van der Waals surface area contributed by atoms with E-state index in [1.165, 1.54) is 0 Å². The van der Waals surface area contributed by atoms with E-state index in [2.05, 4.69) is 10.6 Å². The van der Waals surface area contributed by atoms with E-state index in [4.69, 9.17) is 4.74 Å². The summed E-state index contributed by atoms with van der Waals surface area (Å²) in [5, 5.41) is 5.63. The zero-order valence-electron chi connectivity index (χ0n) is 14.7. The van der Waals surface area contributed by atoms with Crippen molar-refractivity contribution in [3.8, 4) is 5.75 Å². The lowest BCUT2D eigenvalue weighted by atomic mass is 10.2. The third-order valence-electron chi connectivity index (χ3n) is 3.85. The molecular formula is C19H23N3O3. The van der Waals surface area contributed by atoms with Crippen LogP contribution in [0, 0.1) is 0 Å². The van der Waals surface area contributed by atoms with Gasteiger partial charge in [0.2, 0.25) is 11.8 Å². The van der Waals surface area contributed by atoms with Gasteiger partial charge in [-0.05, 0) is 50.4 Å². The quantitative estimate of drug-likeness (QED) is 0.812. The van der Waals surface area contributed by atoms with Gasteiger partial charge in [0, 0.05) is 11.4 Å². The Morgan fingerprint density at radius 1 is 1.00 bits per heavy atom. The van der Waals surface area contributed by atoms with Crippen LogP contribution in [0.3, 0.4) is 0 Å². The molecule has 6 heteroatoms. The van der Waals surface area contributed by atoms with Crippen molar-refractivity contribution in [1.29, 1.82) is 0 Å². The van der Waals surface area contributed by atoms with E-state index in [1.54, 1.807) is 50.2 Å². The number of likely N-dealkylation sites (N-methyl/N-ethyl adjacent to an activating group) is 1. The van der Waals surface area contributed by atoms with Crippen LogP contribution in [0.2, 0.25) is 0 Å². The van der Waals surface area contributed by atoms with Crippen LogP contribution < -0.4 is 15.4 Å². The van der Waals surface area contributed by atoms with Crippen molar-refractivity contribution in [2.24, 2.45) is 0 Å². The maximum atomic E-state index is 12.3. The normalized spacial score (nSPS) is 11.7. The maximum Gasteiger partial charge on any atom is 0.241 e. The second-order valence-electron chi connectivity index (χ2n) is 5.72. The molecule has 2 aromatic carbocycles. The number of methoxy groups -OCH3 is 1. The van der Waals surface area contributed by atoms with E-state index in [9.17, 15) is 9.59 Å². The monoisotopic (exact) mass is 341 g/mol. The van der Waals surface area contributed by atoms with Gasteiger partial charge in [-0.2, -0.15) is 0 Å². The van der Waals surface area contributed by atoms with Crippen molar-refractivity contribution in [3.63, 3.8) is 0 Å². The van der Waals surface area contributed by atoms with Crippen LogP contribution in [-0.2, 0) is 9.59 Å². The van der Waals surface area contributed by atoms with Gasteiger partial charge in [-0.3, -0.25) is 14.5 Å². The number of rotatable bonds is 7. The molecule has 2 aromatic rings. The number of carbonyl (C=O) groups is 2. The van der Waals surface area contributed by atoms with E-state index in [0.717, 1.165) is 11.4 Å². The molecule has 0 unspecified atom stereocenters. The molecule has 0 radical (unpaired) electrons. The van der Waals surface area contributed by atoms with Crippen molar-refractivity contribution in [2.75, 3.05) is 31.3 Å². The van der Waals surface area contributed by atoms with Crippen LogP contribution in [0.1, 0.15) is 6.92 Å². The summed E-state index contributed by atoms with van der Waals surface area (Å²) in [6.07, 6.45) is 0. The van der Waals surface area contributed by atoms with Gasteiger partial charge in [0.1, 0.15) is 5.75 Å². The molecule has 1 atom stereocenters. The number of amides is 2. The largest absolute Gasteiger partial charge is 0.497 e. The van der Waals surface area contributed by atoms with Crippen LogP contribution >= 0.6 is 0 Å². The maximum absolute atomic E-state index is 12.3. The first-order valence-corrected chi connectivity index (χ1v) is 7.99. The average Bonchev–Trinajstić information content (AvgIpc) is 2.62. The number of carbonyl (C=O) groups excluding carboxylic acids is 2. The molecule has 0 aliphatic carbocycles. The molecule has 2 rings (SSSR count). The number of ether oxygens (including phenoxy) is 1. The summed E-state index contributed by atoms with van der Waals surface area (Å²) < 4.78 is 5.08. The molecule has 2 N–H and O–H groups in total. The standard InChI is InChI=1S/C19H23N3O3/c1-14(19(24)21-15-7-5-4-6-8-15)22(2)13-18(23)20-16-9-11-17(25-3)12-10-16/h4-12,14H,13H2,1-3H3,(H,20,23)(H,21,24)/t14-/m1/s1. The number of benzene rings is 2. The third kappa shape index (κ3) is 5.61. The summed E-state index contributed by atoms with van der Waals surface area (Å²) in [4.78, 5) is 26.1. The molecular weight excluding hydrogens is 318 g/mol. The zero-order chi connectivity index (χ0) is 18.2. The SMILES string of the molecule is COc1ccc(NC(=O)CN(C)[C@H](C)C(=O)Nc2ccccc2)cc1. The predicted octanol–water partition coefficient (Wildman–Crippen LogP) is 2.59. The second kappa shape index (κ2) is 8.84. The molecule has 0 aliphatic heterocycles. The number of anilines is 2. The Labute approximate surface area is 147 Å². The lowest BCUT2D eigenvalue weighted by molar-refractivity contribution is -0.122. The van der Waals surface area contributed by atoms with Crippen molar-refractivity contribution < 1.29 is 14.3 Å². The molecule has 0 saturated carbocycles. The van der Waals surface area contributed by atoms with E-state index in [-0.39, 0.29) is 18.4 Å². The number of nitrogens with zero attached hydrogens (tertiary/aromatic N) is 1. The summed E-state index contributed by atoms with van der Waals surface area (Å²) in [5.74, 6) is 0.374. The van der Waals surface area contributed by atoms with Crippen molar-refractivity contribution in [3.05, 3.63) is 54.6 Å². The van der Waals surface area contributed by atoms with E-state index < -0.39 is 6.04 Å². The molecule has 0 saturated heterocycles. The van der Waals surface area contributed by atoms with Crippen LogP contribution in [0.25, 0.3) is 0 Å². The van der Waals surface area contributed by atoms with Crippen molar-refractivity contribution in [1.82, 2.24) is 4.90 Å². The van der Waals surface area contributed by atoms with Crippen LogP contribution in [0.5, 0.6) is 5.75 Å². The highest BCUT2D eigenvalue weighted by Gasteiger charge is 2.20. The number of nitrogens with one attached hydrogen (secondary N) is 2. The Hall–Kier alpha value is -2.86. The first-order valence-electron chi connectivity index (χ1n) is 7.99. The Balaban J connectivity index is 1.85. The van der Waals surface area contributed by atoms with Crippen LogP contribution in [0.4, 0.5) is 11.4 Å². The molecule has 6 nitrogen and oxygen atoms in total. The molecule has 25 heavy (non-hydrogen) atoms. The van der Waals surface area contributed by atoms with Gasteiger partial charge in [-0.1, -0.05) is 18.2 Å². The molecule has 0 bridgehead atoms. The molecule has 132 valence electrons. The highest BCUT2D eigenvalue weighted by molar-refractivity contribution is 5.96. The van der Waals surface area contributed by atoms with Crippen LogP contribution in [0.15, 0.2) is 54.6 Å². The summed E-state index contributed by atoms with van der Waals surface area (Å²) in [6.45, 7) is 1.87. The molecule has 0 aliphatic rings. The van der Waals surface area contributed by atoms with Gasteiger partial charge in [0.15, 0.2) is 0 Å². The topological polar surface area (TPSA) is 70.7 Å². The summed E-state index contributed by atoms with van der Waals surface area (Å²) in [7, 11) is 3.33. The van der Waals surface area contributed by atoms with Gasteiger partial charge in [-0.25, -0.2) is 0 Å². The minimum Gasteiger partial charge on any atom is -0.497 e. The summed E-state index contributed by atoms with van der Waals surface area (Å²) in [6, 6.07) is 15.9. The summed E-state index contributed by atoms with van der Waals surface area (Å²) >= 11 is 0. The number of hydrogen-bond donors (Lipinski definition) is 2. The zero-order valence-corrected chi connectivity index (χ0v) is 14.7. The first kappa shape index (κ1) is 18.5. The molecule has 0 spiro atoms. The van der Waals surface area contributed by atoms with Gasteiger partial charge in [0.05, 0.1) is 19.7 Å². The van der Waals surface area contributed by atoms with Gasteiger partial charge in [-0.15, -0.1) is 0 Å². The van der Waals surface area contributed by atoms with Gasteiger partial charge < -0.3 is 15.4 Å². The third-order valence-corrected chi connectivity index (χ3v) is 3.85. The van der Waals surface area contributed by atoms with Gasteiger partial charge in [0.25, 0.3) is 0 Å². The smallest absolute Gasteiger partial charge is 0.241 e. The van der Waals surface area contributed by atoms with Crippen LogP contribution in [-0.4, -0.2) is 43.5 Å². The van der Waals surface area contributed by atoms with Crippen molar-refractivity contribution in [2.45, 2.75) is 13.0 Å². The Bertz CT molecular complexity index is 702. The van der Waals surface area contributed by atoms with Gasteiger partial charge >= 0.3 is 0 Å². The van der Waals surface area contributed by atoms with E-state index in [1.807, 2.05) is 30.3 Å². The predicted molar refractivity (Wildman–Crippen MR) is 98.8 cm³/mol. The number of para-hydroxylation sites is 1. The first-order chi connectivity index (χ1) is 12.0. The second-order valence-corrected chi connectivity index (χ2v) is 5.72. The highest BCUT2D eigenvalue weighted by Crippen LogP contribution is 2.15. The lowest BCUT2D eigenvalue weighted by Crippen LogP contribution is -2.43. The fourth-order valence-corrected chi connectivity index (χ4v) is 2.21. The average molecular weight is 341 g/mol.